The summed E-state index contributed by atoms with van der Waals surface area (Å²) < 4.78 is -0.297. The van der Waals surface area contributed by atoms with Crippen molar-refractivity contribution >= 4 is 17.7 Å². The van der Waals surface area contributed by atoms with E-state index < -0.39 is 12.0 Å². The van der Waals surface area contributed by atoms with Gasteiger partial charge in [0.15, 0.2) is 0 Å². The highest BCUT2D eigenvalue weighted by molar-refractivity contribution is 8.00. The fraction of sp³-hybridized carbons (Fsp3) is 0.800. The fourth-order valence-electron chi connectivity index (χ4n) is 1.79. The number of nitrogens with zero attached hydrogens (tertiary/aromatic N) is 2. The second-order valence-corrected chi connectivity index (χ2v) is 5.05. The number of piperidine rings is 1. The third-order valence-corrected chi connectivity index (χ3v) is 4.39. The normalized spacial score (nSPS) is 23.0. The molecule has 1 unspecified atom stereocenters. The van der Waals surface area contributed by atoms with Gasteiger partial charge in [-0.05, 0) is 26.0 Å². The van der Waals surface area contributed by atoms with Crippen molar-refractivity contribution in [3.8, 4) is 6.07 Å². The van der Waals surface area contributed by atoms with Crippen molar-refractivity contribution in [1.29, 1.82) is 5.26 Å². The number of likely N-dealkylation sites (tertiary alicyclic amines) is 1. The molecule has 84 valence electrons. The van der Waals surface area contributed by atoms with Gasteiger partial charge in [-0.15, -0.1) is 11.8 Å². The Bertz CT molecular complexity index is 280. The van der Waals surface area contributed by atoms with E-state index in [1.54, 1.807) is 18.7 Å². The molecule has 0 radical (unpaired) electrons. The van der Waals surface area contributed by atoms with Crippen LogP contribution in [-0.4, -0.2) is 46.1 Å². The van der Waals surface area contributed by atoms with Crippen molar-refractivity contribution in [3.05, 3.63) is 0 Å². The Morgan fingerprint density at radius 1 is 1.60 bits per heavy atom. The third kappa shape index (κ3) is 2.64. The predicted octanol–water partition coefficient (Wildman–Crippen LogP) is 1.18. The lowest BCUT2D eigenvalue weighted by atomic mass is 9.96. The van der Waals surface area contributed by atoms with Gasteiger partial charge in [-0.25, -0.2) is 0 Å². The zero-order valence-corrected chi connectivity index (χ0v) is 9.88. The number of hydrogen-bond donors (Lipinski definition) is 1. The minimum absolute atomic E-state index is 0.297. The average molecular weight is 228 g/mol. The molecule has 0 aromatic heterocycles. The molecular formula is C10H16N2O2S. The monoisotopic (exact) mass is 228 g/mol. The molecule has 5 heteroatoms. The van der Waals surface area contributed by atoms with Crippen LogP contribution in [0.3, 0.4) is 0 Å². The molecule has 4 nitrogen and oxygen atoms in total. The van der Waals surface area contributed by atoms with Crippen LogP contribution >= 0.6 is 11.8 Å². The largest absolute Gasteiger partial charge is 0.480 e. The molecule has 1 N–H and O–H groups in total. The Labute approximate surface area is 94.2 Å². The molecule has 0 spiro atoms. The lowest BCUT2D eigenvalue weighted by Crippen LogP contribution is -2.48. The second-order valence-electron chi connectivity index (χ2n) is 3.86. The first-order valence-corrected chi connectivity index (χ1v) is 6.20. The second kappa shape index (κ2) is 4.86. The quantitative estimate of drug-likeness (QED) is 0.786. The molecule has 1 fully saturated rings. The number of aliphatic carboxylic acids is 1. The van der Waals surface area contributed by atoms with Gasteiger partial charge >= 0.3 is 5.97 Å². The number of hydrogen-bond acceptors (Lipinski definition) is 4. The van der Waals surface area contributed by atoms with Crippen LogP contribution in [0.15, 0.2) is 0 Å². The summed E-state index contributed by atoms with van der Waals surface area (Å²) in [5.74, 6) is -0.788. The zero-order valence-electron chi connectivity index (χ0n) is 9.06. The summed E-state index contributed by atoms with van der Waals surface area (Å²) >= 11 is 1.58. The fourth-order valence-corrected chi connectivity index (χ4v) is 2.47. The maximum Gasteiger partial charge on any atom is 0.320 e. The van der Waals surface area contributed by atoms with Gasteiger partial charge < -0.3 is 5.11 Å². The molecule has 15 heavy (non-hydrogen) atoms. The summed E-state index contributed by atoms with van der Waals surface area (Å²) in [6.45, 7) is 3.09. The Morgan fingerprint density at radius 3 is 2.47 bits per heavy atom. The Morgan fingerprint density at radius 2 is 2.13 bits per heavy atom. The first-order chi connectivity index (χ1) is 7.04. The van der Waals surface area contributed by atoms with E-state index in [-0.39, 0.29) is 4.75 Å². The maximum atomic E-state index is 10.8. The van der Waals surface area contributed by atoms with Gasteiger partial charge in [-0.3, -0.25) is 9.69 Å². The van der Waals surface area contributed by atoms with Gasteiger partial charge in [0.2, 0.25) is 0 Å². The summed E-state index contributed by atoms with van der Waals surface area (Å²) in [6.07, 6.45) is 3.45. The summed E-state index contributed by atoms with van der Waals surface area (Å²) in [5, 5.41) is 17.9. The molecule has 0 aromatic carbocycles. The number of carbonyl (C=O) groups is 1. The van der Waals surface area contributed by atoms with Gasteiger partial charge in [0.25, 0.3) is 0 Å². The molecule has 0 aliphatic carbocycles. The Hall–Kier alpha value is -0.730. The molecule has 1 saturated heterocycles. The molecule has 0 saturated carbocycles. The predicted molar refractivity (Wildman–Crippen MR) is 59.8 cm³/mol. The van der Waals surface area contributed by atoms with Crippen LogP contribution in [0.1, 0.15) is 19.8 Å². The molecule has 0 bridgehead atoms. The van der Waals surface area contributed by atoms with Gasteiger partial charge in [-0.1, -0.05) is 0 Å². The molecule has 1 rings (SSSR count). The zero-order chi connectivity index (χ0) is 11.5. The first kappa shape index (κ1) is 12.3. The minimum Gasteiger partial charge on any atom is -0.480 e. The highest BCUT2D eigenvalue weighted by Gasteiger charge is 2.36. The molecule has 0 amide bonds. The van der Waals surface area contributed by atoms with Crippen LogP contribution in [0.25, 0.3) is 0 Å². The first-order valence-electron chi connectivity index (χ1n) is 4.98. The van der Waals surface area contributed by atoms with E-state index in [0.717, 1.165) is 12.8 Å². The summed E-state index contributed by atoms with van der Waals surface area (Å²) in [6, 6.07) is 1.90. The van der Waals surface area contributed by atoms with Crippen molar-refractivity contribution < 1.29 is 9.90 Å². The molecule has 1 heterocycles. The number of nitriles is 1. The molecule has 1 aliphatic rings. The Balaban J connectivity index is 2.56. The van der Waals surface area contributed by atoms with Crippen LogP contribution in [0, 0.1) is 11.3 Å². The lowest BCUT2D eigenvalue weighted by Gasteiger charge is -2.37. The Kier molecular flexibility index (Phi) is 4.00. The van der Waals surface area contributed by atoms with E-state index >= 15 is 0 Å². The van der Waals surface area contributed by atoms with Crippen molar-refractivity contribution in [1.82, 2.24) is 4.90 Å². The van der Waals surface area contributed by atoms with E-state index in [0.29, 0.717) is 13.1 Å². The number of carboxylic acids is 1. The summed E-state index contributed by atoms with van der Waals surface area (Å²) in [4.78, 5) is 12.7. The van der Waals surface area contributed by atoms with Crippen molar-refractivity contribution in [3.63, 3.8) is 0 Å². The average Bonchev–Trinajstić information content (AvgIpc) is 2.28. The van der Waals surface area contributed by atoms with Crippen LogP contribution in [-0.2, 0) is 4.79 Å². The van der Waals surface area contributed by atoms with Gasteiger partial charge in [0.1, 0.15) is 10.8 Å². The molecule has 0 aromatic rings. The van der Waals surface area contributed by atoms with Crippen LogP contribution in [0.2, 0.25) is 0 Å². The summed E-state index contributed by atoms with van der Waals surface area (Å²) in [5.41, 5.74) is 0. The van der Waals surface area contributed by atoms with E-state index in [1.807, 2.05) is 11.2 Å². The van der Waals surface area contributed by atoms with E-state index in [9.17, 15) is 4.79 Å². The van der Waals surface area contributed by atoms with Crippen molar-refractivity contribution in [2.24, 2.45) is 0 Å². The molecule has 1 aliphatic heterocycles. The SMILES string of the molecule is CSC1(C#N)CCN(C(C)C(=O)O)CC1. The van der Waals surface area contributed by atoms with Crippen molar-refractivity contribution in [2.75, 3.05) is 19.3 Å². The number of carboxylic acid groups (broad SMARTS) is 1. The topological polar surface area (TPSA) is 64.3 Å². The molecular weight excluding hydrogens is 212 g/mol. The van der Waals surface area contributed by atoms with Gasteiger partial charge in [-0.2, -0.15) is 5.26 Å². The van der Waals surface area contributed by atoms with Crippen LogP contribution < -0.4 is 0 Å². The third-order valence-electron chi connectivity index (χ3n) is 3.11. The van der Waals surface area contributed by atoms with E-state index in [4.69, 9.17) is 10.4 Å². The minimum atomic E-state index is -0.788. The molecule has 1 atom stereocenters. The smallest absolute Gasteiger partial charge is 0.320 e. The standard InChI is InChI=1S/C10H16N2O2S/c1-8(9(13)14)12-5-3-10(7-11,15-2)4-6-12/h8H,3-6H2,1-2H3,(H,13,14). The highest BCUT2D eigenvalue weighted by atomic mass is 32.2. The van der Waals surface area contributed by atoms with Crippen LogP contribution in [0.5, 0.6) is 0 Å². The van der Waals surface area contributed by atoms with Gasteiger partial charge in [0, 0.05) is 13.1 Å². The summed E-state index contributed by atoms with van der Waals surface area (Å²) in [7, 11) is 0. The number of rotatable bonds is 3. The van der Waals surface area contributed by atoms with E-state index in [1.165, 1.54) is 0 Å². The van der Waals surface area contributed by atoms with Crippen LogP contribution in [0.4, 0.5) is 0 Å². The lowest BCUT2D eigenvalue weighted by molar-refractivity contribution is -0.143. The van der Waals surface area contributed by atoms with E-state index in [2.05, 4.69) is 6.07 Å². The highest BCUT2D eigenvalue weighted by Crippen LogP contribution is 2.34. The van der Waals surface area contributed by atoms with Gasteiger partial charge in [0.05, 0.1) is 6.07 Å². The number of thioether (sulfide) groups is 1. The van der Waals surface area contributed by atoms with Crippen molar-refractivity contribution in [2.45, 2.75) is 30.6 Å². The maximum absolute atomic E-state index is 10.8.